The van der Waals surface area contributed by atoms with Crippen molar-refractivity contribution in [1.29, 1.82) is 0 Å². The molecular weight excluding hydrogens is 204 g/mol. The molecule has 0 radical (unpaired) electrons. The van der Waals surface area contributed by atoms with Gasteiger partial charge in [0.05, 0.1) is 12.8 Å². The Morgan fingerprint density at radius 3 is 3.43 bits per heavy atom. The van der Waals surface area contributed by atoms with Gasteiger partial charge in [-0.05, 0) is 6.92 Å². The molecule has 1 aromatic heterocycles. The van der Waals surface area contributed by atoms with E-state index < -0.39 is 6.23 Å². The van der Waals surface area contributed by atoms with E-state index in [0.29, 0.717) is 22.9 Å². The summed E-state index contributed by atoms with van der Waals surface area (Å²) < 4.78 is 6.30. The van der Waals surface area contributed by atoms with Gasteiger partial charge in [0, 0.05) is 5.75 Å². The van der Waals surface area contributed by atoms with Crippen molar-refractivity contribution in [1.82, 2.24) is 9.78 Å². The molecule has 2 rings (SSSR count). The van der Waals surface area contributed by atoms with Crippen LogP contribution in [-0.2, 0) is 4.74 Å². The van der Waals surface area contributed by atoms with E-state index in [1.165, 1.54) is 22.6 Å². The first kappa shape index (κ1) is 9.54. The van der Waals surface area contributed by atoms with Crippen LogP contribution in [0.25, 0.3) is 0 Å². The van der Waals surface area contributed by atoms with Crippen LogP contribution >= 0.6 is 11.8 Å². The molecule has 0 aliphatic carbocycles. The molecule has 0 saturated heterocycles. The van der Waals surface area contributed by atoms with Crippen molar-refractivity contribution in [3.8, 4) is 0 Å². The Kier molecular flexibility index (Phi) is 2.47. The van der Waals surface area contributed by atoms with Crippen LogP contribution in [0.5, 0.6) is 0 Å². The number of ether oxygens (including phenoxy) is 1. The summed E-state index contributed by atoms with van der Waals surface area (Å²) in [7, 11) is 0. The van der Waals surface area contributed by atoms with E-state index in [4.69, 9.17) is 4.74 Å². The molecule has 1 N–H and O–H groups in total. The van der Waals surface area contributed by atoms with Crippen molar-refractivity contribution in [3.05, 3.63) is 11.8 Å². The predicted octanol–water partition coefficient (Wildman–Crippen LogP) is 0.656. The summed E-state index contributed by atoms with van der Waals surface area (Å²) in [4.78, 5) is 11.4. The Morgan fingerprint density at radius 2 is 2.71 bits per heavy atom. The molecule has 1 aliphatic heterocycles. The Hall–Kier alpha value is -1.01. The fourth-order valence-electron chi connectivity index (χ4n) is 1.28. The Morgan fingerprint density at radius 1 is 1.93 bits per heavy atom. The summed E-state index contributed by atoms with van der Waals surface area (Å²) in [6, 6.07) is 0. The average molecular weight is 214 g/mol. The number of carbonyl (C=O) groups excluding carboxylic acids is 1. The van der Waals surface area contributed by atoms with Gasteiger partial charge < -0.3 is 9.84 Å². The minimum atomic E-state index is -0.627. The number of hydrogen-bond donors (Lipinski definition) is 1. The minimum absolute atomic E-state index is 0.344. The lowest BCUT2D eigenvalue weighted by Crippen LogP contribution is -2.06. The van der Waals surface area contributed by atoms with E-state index in [-0.39, 0.29) is 5.97 Å². The lowest BCUT2D eigenvalue weighted by atomic mass is 10.4. The molecule has 0 bridgehead atoms. The zero-order valence-corrected chi connectivity index (χ0v) is 8.45. The lowest BCUT2D eigenvalue weighted by molar-refractivity contribution is 0.0520. The van der Waals surface area contributed by atoms with Gasteiger partial charge in [-0.25, -0.2) is 9.48 Å². The van der Waals surface area contributed by atoms with Crippen LogP contribution in [0.1, 0.15) is 23.5 Å². The first-order valence-corrected chi connectivity index (χ1v) is 5.28. The van der Waals surface area contributed by atoms with Crippen LogP contribution in [0.15, 0.2) is 11.2 Å². The number of hydrogen-bond acceptors (Lipinski definition) is 5. The standard InChI is InChI=1S/C8H10N2O3S/c1-2-13-8(12)5-3-9-10-6(11)4-14-7(5)10/h3,6,11H,2,4H2,1H3. The molecule has 0 saturated carbocycles. The predicted molar refractivity (Wildman–Crippen MR) is 50.2 cm³/mol. The fourth-order valence-corrected chi connectivity index (χ4v) is 2.32. The van der Waals surface area contributed by atoms with Gasteiger partial charge in [-0.15, -0.1) is 11.8 Å². The highest BCUT2D eigenvalue weighted by atomic mass is 32.2. The van der Waals surface area contributed by atoms with Gasteiger partial charge in [0.2, 0.25) is 0 Å². The van der Waals surface area contributed by atoms with Crippen LogP contribution in [0.3, 0.4) is 0 Å². The maximum atomic E-state index is 11.4. The van der Waals surface area contributed by atoms with Gasteiger partial charge >= 0.3 is 5.97 Å². The zero-order chi connectivity index (χ0) is 10.1. The highest BCUT2D eigenvalue weighted by Gasteiger charge is 2.27. The summed E-state index contributed by atoms with van der Waals surface area (Å²) in [5.41, 5.74) is 0.438. The molecule has 0 amide bonds. The van der Waals surface area contributed by atoms with Crippen LogP contribution in [-0.4, -0.2) is 33.2 Å². The van der Waals surface area contributed by atoms with Crippen molar-refractivity contribution in [2.24, 2.45) is 0 Å². The summed E-state index contributed by atoms with van der Waals surface area (Å²) >= 11 is 1.41. The van der Waals surface area contributed by atoms with Gasteiger partial charge in [-0.3, -0.25) is 0 Å². The molecule has 0 aromatic carbocycles. The monoisotopic (exact) mass is 214 g/mol. The quantitative estimate of drug-likeness (QED) is 0.732. The van der Waals surface area contributed by atoms with Gasteiger partial charge in [0.1, 0.15) is 10.6 Å². The maximum absolute atomic E-state index is 11.4. The zero-order valence-electron chi connectivity index (χ0n) is 7.64. The molecule has 14 heavy (non-hydrogen) atoms. The van der Waals surface area contributed by atoms with Crippen LogP contribution < -0.4 is 0 Å². The first-order valence-electron chi connectivity index (χ1n) is 4.29. The molecule has 0 spiro atoms. The molecule has 1 aliphatic rings. The maximum Gasteiger partial charge on any atom is 0.342 e. The number of aromatic nitrogens is 2. The normalized spacial score (nSPS) is 19.4. The number of aliphatic hydroxyl groups excluding tert-OH is 1. The number of thioether (sulfide) groups is 1. The van der Waals surface area contributed by atoms with Crippen LogP contribution in [0, 0.1) is 0 Å². The van der Waals surface area contributed by atoms with Crippen molar-refractivity contribution in [2.45, 2.75) is 18.2 Å². The Balaban J connectivity index is 2.28. The van der Waals surface area contributed by atoms with E-state index in [9.17, 15) is 9.90 Å². The fraction of sp³-hybridized carbons (Fsp3) is 0.500. The SMILES string of the molecule is CCOC(=O)c1cnn2c1SCC2O. The second-order valence-electron chi connectivity index (χ2n) is 2.82. The molecule has 0 fully saturated rings. The molecule has 2 heterocycles. The second-order valence-corrected chi connectivity index (χ2v) is 3.83. The number of fused-ring (bicyclic) bond motifs is 1. The third-order valence-corrected chi connectivity index (χ3v) is 3.04. The van der Waals surface area contributed by atoms with E-state index in [2.05, 4.69) is 5.10 Å². The van der Waals surface area contributed by atoms with Gasteiger partial charge in [0.25, 0.3) is 0 Å². The van der Waals surface area contributed by atoms with Crippen molar-refractivity contribution in [3.63, 3.8) is 0 Å². The number of carbonyl (C=O) groups is 1. The molecule has 1 unspecified atom stereocenters. The third-order valence-electron chi connectivity index (χ3n) is 1.90. The highest BCUT2D eigenvalue weighted by molar-refractivity contribution is 7.99. The second kappa shape index (κ2) is 3.62. The number of nitrogens with zero attached hydrogens (tertiary/aromatic N) is 2. The topological polar surface area (TPSA) is 64.3 Å². The van der Waals surface area contributed by atoms with Crippen LogP contribution in [0.2, 0.25) is 0 Å². The first-order chi connectivity index (χ1) is 6.74. The minimum Gasteiger partial charge on any atom is -0.462 e. The molecule has 6 heteroatoms. The van der Waals surface area contributed by atoms with E-state index in [1.807, 2.05) is 0 Å². The molecule has 1 atom stereocenters. The van der Waals surface area contributed by atoms with Gasteiger partial charge in [0.15, 0.2) is 6.23 Å². The van der Waals surface area contributed by atoms with E-state index >= 15 is 0 Å². The molecule has 1 aromatic rings. The van der Waals surface area contributed by atoms with Crippen molar-refractivity contribution >= 4 is 17.7 Å². The number of aliphatic hydroxyl groups is 1. The van der Waals surface area contributed by atoms with Gasteiger partial charge in [-0.1, -0.05) is 0 Å². The number of esters is 1. The Bertz CT molecular complexity index is 363. The van der Waals surface area contributed by atoms with Crippen molar-refractivity contribution in [2.75, 3.05) is 12.4 Å². The number of rotatable bonds is 2. The lowest BCUT2D eigenvalue weighted by Gasteiger charge is -2.00. The van der Waals surface area contributed by atoms with Crippen molar-refractivity contribution < 1.29 is 14.6 Å². The van der Waals surface area contributed by atoms with Gasteiger partial charge in [-0.2, -0.15) is 5.10 Å². The summed E-state index contributed by atoms with van der Waals surface area (Å²) in [5.74, 6) is 0.158. The van der Waals surface area contributed by atoms with Crippen LogP contribution in [0.4, 0.5) is 0 Å². The molecule has 5 nitrogen and oxygen atoms in total. The molecular formula is C8H10N2O3S. The smallest absolute Gasteiger partial charge is 0.342 e. The largest absolute Gasteiger partial charge is 0.462 e. The Labute approximate surface area is 85.0 Å². The van der Waals surface area contributed by atoms with E-state index in [1.54, 1.807) is 6.92 Å². The third kappa shape index (κ3) is 1.40. The summed E-state index contributed by atoms with van der Waals surface area (Å²) in [5, 5.41) is 14.1. The highest BCUT2D eigenvalue weighted by Crippen LogP contribution is 2.34. The summed E-state index contributed by atoms with van der Waals surface area (Å²) in [6.07, 6.45) is 0.807. The summed E-state index contributed by atoms with van der Waals surface area (Å²) in [6.45, 7) is 2.10. The average Bonchev–Trinajstić information content (AvgIpc) is 2.69. The molecule has 76 valence electrons. The van der Waals surface area contributed by atoms with E-state index in [0.717, 1.165) is 0 Å².